The van der Waals surface area contributed by atoms with E-state index in [-0.39, 0.29) is 0 Å². The Hall–Kier alpha value is -0.850. The summed E-state index contributed by atoms with van der Waals surface area (Å²) < 4.78 is 0. The van der Waals surface area contributed by atoms with Crippen LogP contribution in [0.2, 0.25) is 0 Å². The Morgan fingerprint density at radius 1 is 1.29 bits per heavy atom. The van der Waals surface area contributed by atoms with E-state index in [0.29, 0.717) is 5.82 Å². The quantitative estimate of drug-likeness (QED) is 0.654. The number of aromatic nitrogens is 2. The van der Waals surface area contributed by atoms with Gasteiger partial charge in [-0.15, -0.1) is 11.3 Å². The zero-order valence-electron chi connectivity index (χ0n) is 12.7. The van der Waals surface area contributed by atoms with Crippen LogP contribution in [0.1, 0.15) is 37.1 Å². The topological polar surface area (TPSA) is 56.2 Å². The summed E-state index contributed by atoms with van der Waals surface area (Å²) in [6.07, 6.45) is 3.48. The van der Waals surface area contributed by atoms with Gasteiger partial charge in [-0.05, 0) is 18.4 Å². The molecule has 3 heterocycles. The highest BCUT2D eigenvalue weighted by Gasteiger charge is 2.25. The summed E-state index contributed by atoms with van der Waals surface area (Å²) in [7, 11) is 0. The van der Waals surface area contributed by atoms with Crippen molar-refractivity contribution in [2.24, 2.45) is 0 Å². The van der Waals surface area contributed by atoms with E-state index < -0.39 is 0 Å². The van der Waals surface area contributed by atoms with E-state index >= 15 is 0 Å². The van der Waals surface area contributed by atoms with Gasteiger partial charge in [0.1, 0.15) is 17.2 Å². The predicted molar refractivity (Wildman–Crippen MR) is 91.2 cm³/mol. The van der Waals surface area contributed by atoms with Crippen molar-refractivity contribution in [3.63, 3.8) is 0 Å². The highest BCUT2D eigenvalue weighted by atomic mass is 32.2. The summed E-state index contributed by atoms with van der Waals surface area (Å²) in [6, 6.07) is 0. The minimum absolute atomic E-state index is 0.676. The zero-order valence-corrected chi connectivity index (χ0v) is 14.4. The third-order valence-corrected chi connectivity index (χ3v) is 6.10. The number of quaternary nitrogens is 1. The van der Waals surface area contributed by atoms with Crippen molar-refractivity contribution in [3.05, 3.63) is 10.4 Å². The van der Waals surface area contributed by atoms with Crippen LogP contribution in [0.3, 0.4) is 0 Å². The van der Waals surface area contributed by atoms with Crippen molar-refractivity contribution in [2.45, 2.75) is 44.8 Å². The molecular formula is C15H23N4S2+. The van der Waals surface area contributed by atoms with Gasteiger partial charge in [0, 0.05) is 12.2 Å². The summed E-state index contributed by atoms with van der Waals surface area (Å²) in [5, 5.41) is 1.96. The first-order valence-corrected chi connectivity index (χ1v) is 9.57. The molecule has 0 radical (unpaired) electrons. The second-order valence-electron chi connectivity index (χ2n) is 5.60. The first kappa shape index (κ1) is 15.1. The molecule has 0 spiro atoms. The van der Waals surface area contributed by atoms with E-state index in [1.54, 1.807) is 16.7 Å². The normalized spacial score (nSPS) is 18.1. The Labute approximate surface area is 134 Å². The molecule has 3 rings (SSSR count). The Morgan fingerprint density at radius 3 is 2.90 bits per heavy atom. The molecule has 0 aliphatic carbocycles. The van der Waals surface area contributed by atoms with Gasteiger partial charge in [-0.1, -0.05) is 25.6 Å². The van der Waals surface area contributed by atoms with E-state index in [1.165, 1.54) is 30.0 Å². The summed E-state index contributed by atoms with van der Waals surface area (Å²) >= 11 is 3.53. The van der Waals surface area contributed by atoms with Crippen LogP contribution in [0.25, 0.3) is 10.2 Å². The molecule has 2 aromatic rings. The van der Waals surface area contributed by atoms with Gasteiger partial charge in [-0.3, -0.25) is 0 Å². The van der Waals surface area contributed by atoms with Crippen LogP contribution in [0.5, 0.6) is 0 Å². The number of thiophene rings is 1. The van der Waals surface area contributed by atoms with E-state index in [4.69, 9.17) is 10.7 Å². The standard InChI is InChI=1S/C15H22N4S2/c1-3-6-19-7-5-10-11(9-19)21-14-12(10)13(16)17-15(18-14)20-8-4-2/h3-9H2,1-2H3,(H2,16,17,18)/p+1. The van der Waals surface area contributed by atoms with Gasteiger partial charge >= 0.3 is 0 Å². The van der Waals surface area contributed by atoms with Crippen molar-refractivity contribution in [1.82, 2.24) is 9.97 Å². The lowest BCUT2D eigenvalue weighted by Gasteiger charge is -2.23. The molecule has 6 heteroatoms. The van der Waals surface area contributed by atoms with Gasteiger partial charge < -0.3 is 10.6 Å². The summed E-state index contributed by atoms with van der Waals surface area (Å²) in [4.78, 5) is 13.5. The molecular weight excluding hydrogens is 300 g/mol. The predicted octanol–water partition coefficient (Wildman–Crippen LogP) is 2.13. The monoisotopic (exact) mass is 323 g/mol. The molecule has 1 atom stereocenters. The van der Waals surface area contributed by atoms with Crippen molar-refractivity contribution < 1.29 is 4.90 Å². The highest BCUT2D eigenvalue weighted by Crippen LogP contribution is 2.35. The van der Waals surface area contributed by atoms with E-state index in [1.807, 2.05) is 11.3 Å². The number of anilines is 1. The lowest BCUT2D eigenvalue weighted by atomic mass is 10.1. The number of nitrogen functional groups attached to an aromatic ring is 1. The largest absolute Gasteiger partial charge is 0.383 e. The molecule has 2 aromatic heterocycles. The molecule has 21 heavy (non-hydrogen) atoms. The molecule has 1 aliphatic rings. The van der Waals surface area contributed by atoms with Gasteiger partial charge in [0.2, 0.25) is 0 Å². The number of fused-ring (bicyclic) bond motifs is 3. The molecule has 0 fully saturated rings. The fourth-order valence-electron chi connectivity index (χ4n) is 2.96. The van der Waals surface area contributed by atoms with E-state index in [0.717, 1.165) is 40.5 Å². The number of nitrogens with two attached hydrogens (primary N) is 1. The molecule has 114 valence electrons. The van der Waals surface area contributed by atoms with Crippen LogP contribution < -0.4 is 10.6 Å². The van der Waals surface area contributed by atoms with Crippen molar-refractivity contribution in [2.75, 3.05) is 24.6 Å². The van der Waals surface area contributed by atoms with Crippen LogP contribution in [0.15, 0.2) is 5.16 Å². The third-order valence-electron chi connectivity index (χ3n) is 3.92. The van der Waals surface area contributed by atoms with Gasteiger partial charge in [-0.2, -0.15) is 0 Å². The van der Waals surface area contributed by atoms with Gasteiger partial charge in [-0.25, -0.2) is 9.97 Å². The summed E-state index contributed by atoms with van der Waals surface area (Å²) in [5.41, 5.74) is 7.64. The lowest BCUT2D eigenvalue weighted by molar-refractivity contribution is -0.915. The SMILES string of the molecule is CCCSc1nc(N)c2c3c(sc2n1)C[NH+](CCC)CC3. The number of thioether (sulfide) groups is 1. The second kappa shape index (κ2) is 6.50. The fraction of sp³-hybridized carbons (Fsp3) is 0.600. The Bertz CT molecular complexity index is 638. The second-order valence-corrected chi connectivity index (χ2v) is 7.75. The van der Waals surface area contributed by atoms with Crippen LogP contribution in [0.4, 0.5) is 5.82 Å². The van der Waals surface area contributed by atoms with E-state index in [9.17, 15) is 0 Å². The minimum atomic E-state index is 0.676. The fourth-order valence-corrected chi connectivity index (χ4v) is 5.02. The molecule has 0 saturated heterocycles. The number of rotatable bonds is 5. The molecule has 3 N–H and O–H groups in total. The molecule has 0 bridgehead atoms. The van der Waals surface area contributed by atoms with Gasteiger partial charge in [0.15, 0.2) is 5.16 Å². The summed E-state index contributed by atoms with van der Waals surface area (Å²) in [6.45, 7) is 8.02. The molecule has 4 nitrogen and oxygen atoms in total. The first-order valence-electron chi connectivity index (χ1n) is 7.77. The van der Waals surface area contributed by atoms with Gasteiger partial charge in [0.05, 0.1) is 23.4 Å². The number of hydrogen-bond donors (Lipinski definition) is 2. The number of hydrogen-bond acceptors (Lipinski definition) is 5. The Kier molecular flexibility index (Phi) is 4.66. The average Bonchev–Trinajstić information content (AvgIpc) is 2.83. The molecule has 1 unspecified atom stereocenters. The van der Waals surface area contributed by atoms with Gasteiger partial charge in [0.25, 0.3) is 0 Å². The van der Waals surface area contributed by atoms with Crippen molar-refractivity contribution in [1.29, 1.82) is 0 Å². The average molecular weight is 324 g/mol. The van der Waals surface area contributed by atoms with Crippen molar-refractivity contribution >= 4 is 39.1 Å². The first-order chi connectivity index (χ1) is 10.2. The molecule has 0 aromatic carbocycles. The maximum absolute atomic E-state index is 6.23. The van der Waals surface area contributed by atoms with Crippen LogP contribution in [-0.4, -0.2) is 28.8 Å². The van der Waals surface area contributed by atoms with Crippen LogP contribution in [0, 0.1) is 0 Å². The Morgan fingerprint density at radius 2 is 2.14 bits per heavy atom. The molecule has 0 amide bonds. The molecule has 0 saturated carbocycles. The lowest BCUT2D eigenvalue weighted by Crippen LogP contribution is -3.11. The third kappa shape index (κ3) is 3.03. The number of nitrogens with zero attached hydrogens (tertiary/aromatic N) is 2. The van der Waals surface area contributed by atoms with E-state index in [2.05, 4.69) is 18.8 Å². The Balaban J connectivity index is 1.95. The zero-order chi connectivity index (χ0) is 14.8. The molecule has 1 aliphatic heterocycles. The smallest absolute Gasteiger partial charge is 0.190 e. The minimum Gasteiger partial charge on any atom is -0.383 e. The van der Waals surface area contributed by atoms with Crippen LogP contribution in [-0.2, 0) is 13.0 Å². The number of nitrogens with one attached hydrogen (secondary N) is 1. The maximum atomic E-state index is 6.23. The van der Waals surface area contributed by atoms with Crippen molar-refractivity contribution in [3.8, 4) is 0 Å². The van der Waals surface area contributed by atoms with Crippen LogP contribution >= 0.6 is 23.1 Å². The maximum Gasteiger partial charge on any atom is 0.190 e. The summed E-state index contributed by atoms with van der Waals surface area (Å²) in [5.74, 6) is 1.72. The highest BCUT2D eigenvalue weighted by molar-refractivity contribution is 7.99.